The van der Waals surface area contributed by atoms with E-state index in [2.05, 4.69) is 5.32 Å². The van der Waals surface area contributed by atoms with Crippen molar-refractivity contribution in [1.82, 2.24) is 9.38 Å². The molecule has 0 saturated carbocycles. The third-order valence-corrected chi connectivity index (χ3v) is 4.92. The number of anilines is 1. The van der Waals surface area contributed by atoms with Gasteiger partial charge in [0.2, 0.25) is 5.91 Å². The fraction of sp³-hybridized carbons (Fsp3) is 0.0909. The van der Waals surface area contributed by atoms with Gasteiger partial charge in [-0.1, -0.05) is 30.3 Å². The number of aliphatic hydroxyl groups is 1. The number of imidazole rings is 1. The van der Waals surface area contributed by atoms with Gasteiger partial charge < -0.3 is 14.8 Å². The Bertz CT molecular complexity index is 1190. The van der Waals surface area contributed by atoms with E-state index in [1.807, 2.05) is 71.4 Å². The van der Waals surface area contributed by atoms with Crippen LogP contribution in [0.15, 0.2) is 67.0 Å². The van der Waals surface area contributed by atoms with Crippen LogP contribution in [-0.2, 0) is 17.8 Å². The van der Waals surface area contributed by atoms with E-state index < -0.39 is 0 Å². The fourth-order valence-corrected chi connectivity index (χ4v) is 3.52. The SMILES string of the molecule is O=C1Cc2ccc(-c3cn4cc(-c5cccc(CO)c5)ccc4n3)cc2N1. The maximum atomic E-state index is 11.6. The number of fused-ring (bicyclic) bond motifs is 2. The number of aromatic nitrogens is 2. The smallest absolute Gasteiger partial charge is 0.228 e. The van der Waals surface area contributed by atoms with Crippen LogP contribution in [0.2, 0.25) is 0 Å². The zero-order chi connectivity index (χ0) is 18.4. The highest BCUT2D eigenvalue weighted by molar-refractivity contribution is 5.99. The Morgan fingerprint density at radius 3 is 2.78 bits per heavy atom. The molecular weight excluding hydrogens is 338 g/mol. The van der Waals surface area contributed by atoms with Gasteiger partial charge in [0.25, 0.3) is 0 Å². The van der Waals surface area contributed by atoms with Gasteiger partial charge in [-0.25, -0.2) is 4.98 Å². The van der Waals surface area contributed by atoms with Crippen molar-refractivity contribution < 1.29 is 9.90 Å². The second-order valence-corrected chi connectivity index (χ2v) is 6.76. The number of carbonyl (C=O) groups excluding carboxylic acids is 1. The molecule has 0 saturated heterocycles. The van der Waals surface area contributed by atoms with E-state index in [0.717, 1.165) is 44.8 Å². The monoisotopic (exact) mass is 355 g/mol. The molecule has 0 radical (unpaired) electrons. The van der Waals surface area contributed by atoms with Crippen LogP contribution in [0, 0.1) is 0 Å². The molecule has 2 N–H and O–H groups in total. The van der Waals surface area contributed by atoms with Gasteiger partial charge in [0.1, 0.15) is 5.65 Å². The molecule has 2 aromatic carbocycles. The maximum absolute atomic E-state index is 11.6. The molecule has 5 heteroatoms. The van der Waals surface area contributed by atoms with Crippen LogP contribution in [0.5, 0.6) is 0 Å². The lowest BCUT2D eigenvalue weighted by atomic mass is 10.1. The first kappa shape index (κ1) is 15.8. The third-order valence-electron chi connectivity index (χ3n) is 4.92. The summed E-state index contributed by atoms with van der Waals surface area (Å²) in [7, 11) is 0. The van der Waals surface area contributed by atoms with Crippen LogP contribution in [0.4, 0.5) is 5.69 Å². The summed E-state index contributed by atoms with van der Waals surface area (Å²) in [6.45, 7) is 0.0280. The largest absolute Gasteiger partial charge is 0.392 e. The Balaban J connectivity index is 1.54. The van der Waals surface area contributed by atoms with Gasteiger partial charge in [-0.3, -0.25) is 4.79 Å². The van der Waals surface area contributed by atoms with E-state index in [0.29, 0.717) is 6.42 Å². The van der Waals surface area contributed by atoms with Crippen LogP contribution in [0.25, 0.3) is 28.0 Å². The number of aliphatic hydroxyl groups excluding tert-OH is 1. The van der Waals surface area contributed by atoms with Crippen molar-refractivity contribution in [2.45, 2.75) is 13.0 Å². The molecule has 3 heterocycles. The topological polar surface area (TPSA) is 66.6 Å². The van der Waals surface area contributed by atoms with E-state index >= 15 is 0 Å². The number of hydrogen-bond acceptors (Lipinski definition) is 3. The summed E-state index contributed by atoms with van der Waals surface area (Å²) >= 11 is 0. The normalized spacial score (nSPS) is 13.0. The van der Waals surface area contributed by atoms with E-state index in [1.54, 1.807) is 0 Å². The highest BCUT2D eigenvalue weighted by Gasteiger charge is 2.18. The minimum atomic E-state index is 0.0280. The van der Waals surface area contributed by atoms with E-state index in [9.17, 15) is 9.90 Å². The molecule has 27 heavy (non-hydrogen) atoms. The molecule has 4 aromatic rings. The number of amides is 1. The van der Waals surface area contributed by atoms with Crippen LogP contribution < -0.4 is 5.32 Å². The zero-order valence-electron chi connectivity index (χ0n) is 14.5. The minimum Gasteiger partial charge on any atom is -0.392 e. The Morgan fingerprint density at radius 2 is 1.89 bits per heavy atom. The van der Waals surface area contributed by atoms with Crippen molar-refractivity contribution in [3.8, 4) is 22.4 Å². The van der Waals surface area contributed by atoms with Crippen molar-refractivity contribution in [2.75, 3.05) is 5.32 Å². The highest BCUT2D eigenvalue weighted by atomic mass is 16.3. The molecule has 0 atom stereocenters. The summed E-state index contributed by atoms with van der Waals surface area (Å²) in [5, 5.41) is 12.2. The molecule has 0 fully saturated rings. The molecule has 1 aliphatic rings. The average Bonchev–Trinajstić information content (AvgIpc) is 3.28. The number of rotatable bonds is 3. The van der Waals surface area contributed by atoms with E-state index in [4.69, 9.17) is 4.98 Å². The number of pyridine rings is 1. The molecule has 0 unspecified atom stereocenters. The molecule has 0 spiro atoms. The van der Waals surface area contributed by atoms with E-state index in [-0.39, 0.29) is 12.5 Å². The Labute approximate surface area is 155 Å². The van der Waals surface area contributed by atoms with Gasteiger partial charge >= 0.3 is 0 Å². The molecule has 1 aliphatic heterocycles. The number of nitrogens with one attached hydrogen (secondary N) is 1. The van der Waals surface area contributed by atoms with Crippen molar-refractivity contribution in [3.63, 3.8) is 0 Å². The lowest BCUT2D eigenvalue weighted by Gasteiger charge is -2.04. The van der Waals surface area contributed by atoms with Crippen molar-refractivity contribution in [3.05, 3.63) is 78.1 Å². The standard InChI is InChI=1S/C22H17N3O2/c26-13-14-2-1-3-15(8-14)18-6-7-21-23-20(12-25(21)11-18)16-4-5-17-10-22(27)24-19(17)9-16/h1-9,11-12,26H,10,13H2,(H,24,27). The van der Waals surface area contributed by atoms with Crippen LogP contribution >= 0.6 is 0 Å². The van der Waals surface area contributed by atoms with Crippen LogP contribution in [-0.4, -0.2) is 20.4 Å². The first-order valence-electron chi connectivity index (χ1n) is 8.82. The molecule has 5 nitrogen and oxygen atoms in total. The summed E-state index contributed by atoms with van der Waals surface area (Å²) < 4.78 is 2.00. The minimum absolute atomic E-state index is 0.0280. The summed E-state index contributed by atoms with van der Waals surface area (Å²) in [6, 6.07) is 17.9. The second-order valence-electron chi connectivity index (χ2n) is 6.76. The predicted molar refractivity (Wildman–Crippen MR) is 104 cm³/mol. The van der Waals surface area contributed by atoms with Gasteiger partial charge in [0.05, 0.1) is 18.7 Å². The van der Waals surface area contributed by atoms with Gasteiger partial charge in [-0.2, -0.15) is 0 Å². The summed E-state index contributed by atoms with van der Waals surface area (Å²) in [4.78, 5) is 16.3. The first-order chi connectivity index (χ1) is 13.2. The molecule has 132 valence electrons. The number of carbonyl (C=O) groups is 1. The second kappa shape index (κ2) is 6.07. The van der Waals surface area contributed by atoms with Gasteiger partial charge in [0.15, 0.2) is 0 Å². The Morgan fingerprint density at radius 1 is 1.00 bits per heavy atom. The zero-order valence-corrected chi connectivity index (χ0v) is 14.5. The molecule has 1 amide bonds. The predicted octanol–water partition coefficient (Wildman–Crippen LogP) is 3.66. The Kier molecular flexibility index (Phi) is 3.55. The lowest BCUT2D eigenvalue weighted by molar-refractivity contribution is -0.115. The van der Waals surface area contributed by atoms with Gasteiger partial charge in [-0.15, -0.1) is 0 Å². The summed E-state index contributed by atoms with van der Waals surface area (Å²) in [5.74, 6) is 0.0342. The quantitative estimate of drug-likeness (QED) is 0.589. The molecule has 0 bridgehead atoms. The van der Waals surface area contributed by atoms with Crippen molar-refractivity contribution >= 4 is 17.2 Å². The van der Waals surface area contributed by atoms with E-state index in [1.165, 1.54) is 0 Å². The third kappa shape index (κ3) is 2.78. The van der Waals surface area contributed by atoms with Crippen LogP contribution in [0.3, 0.4) is 0 Å². The molecule has 0 aliphatic carbocycles. The molecular formula is C22H17N3O2. The highest BCUT2D eigenvalue weighted by Crippen LogP contribution is 2.30. The van der Waals surface area contributed by atoms with Crippen molar-refractivity contribution in [1.29, 1.82) is 0 Å². The number of nitrogens with zero attached hydrogens (tertiary/aromatic N) is 2. The number of hydrogen-bond donors (Lipinski definition) is 2. The fourth-order valence-electron chi connectivity index (χ4n) is 3.52. The summed E-state index contributed by atoms with van der Waals surface area (Å²) in [6.07, 6.45) is 4.47. The molecule has 5 rings (SSSR count). The molecule has 2 aromatic heterocycles. The number of benzene rings is 2. The Hall–Kier alpha value is -3.44. The first-order valence-corrected chi connectivity index (χ1v) is 8.82. The van der Waals surface area contributed by atoms with Crippen molar-refractivity contribution in [2.24, 2.45) is 0 Å². The van der Waals surface area contributed by atoms with Gasteiger partial charge in [-0.05, 0) is 46.5 Å². The lowest BCUT2D eigenvalue weighted by Crippen LogP contribution is -2.03. The maximum Gasteiger partial charge on any atom is 0.228 e. The van der Waals surface area contributed by atoms with Gasteiger partial charge in [0, 0.05) is 23.6 Å². The van der Waals surface area contributed by atoms with Crippen LogP contribution in [0.1, 0.15) is 11.1 Å². The average molecular weight is 355 g/mol. The summed E-state index contributed by atoms with van der Waals surface area (Å²) in [5.41, 5.74) is 7.59.